The molecule has 0 amide bonds. The Morgan fingerprint density at radius 1 is 1.35 bits per heavy atom. The summed E-state index contributed by atoms with van der Waals surface area (Å²) in [7, 11) is 2.03. The van der Waals surface area contributed by atoms with Crippen molar-refractivity contribution in [1.82, 2.24) is 4.90 Å². The van der Waals surface area contributed by atoms with Crippen molar-refractivity contribution in [3.8, 4) is 0 Å². The van der Waals surface area contributed by atoms with Gasteiger partial charge in [0, 0.05) is 17.1 Å². The normalized spacial score (nSPS) is 12.9. The van der Waals surface area contributed by atoms with Gasteiger partial charge in [0.2, 0.25) is 0 Å². The fourth-order valence-electron chi connectivity index (χ4n) is 2.22. The second kappa shape index (κ2) is 6.76. The van der Waals surface area contributed by atoms with Crippen LogP contribution in [-0.2, 0) is 6.54 Å². The molecule has 0 aliphatic rings. The predicted octanol–water partition coefficient (Wildman–Crippen LogP) is 4.14. The van der Waals surface area contributed by atoms with Crippen LogP contribution in [0.25, 0.3) is 0 Å². The molecule has 0 aliphatic carbocycles. The number of likely N-dealkylation sites (N-methyl/N-ethyl adjacent to an activating group) is 1. The van der Waals surface area contributed by atoms with E-state index in [0.29, 0.717) is 18.1 Å². The van der Waals surface area contributed by atoms with E-state index in [4.69, 9.17) is 21.8 Å². The first-order chi connectivity index (χ1) is 9.51. The molecule has 1 heterocycles. The Labute approximate surface area is 132 Å². The lowest BCUT2D eigenvalue weighted by Crippen LogP contribution is -2.30. The molecule has 1 aromatic carbocycles. The molecule has 108 valence electrons. The molecule has 20 heavy (non-hydrogen) atoms. The SMILES string of the molecule is Cc1ccc(CN(C)C(CN)c2ccc(Br)c(Cl)c2)o1. The zero-order chi connectivity index (χ0) is 14.7. The number of halogens is 2. The molecule has 0 saturated heterocycles. The monoisotopic (exact) mass is 356 g/mol. The smallest absolute Gasteiger partial charge is 0.118 e. The summed E-state index contributed by atoms with van der Waals surface area (Å²) in [5.41, 5.74) is 7.03. The number of hydrogen-bond acceptors (Lipinski definition) is 3. The van der Waals surface area contributed by atoms with Crippen LogP contribution in [0.4, 0.5) is 0 Å². The van der Waals surface area contributed by atoms with E-state index in [-0.39, 0.29) is 6.04 Å². The van der Waals surface area contributed by atoms with Gasteiger partial charge in [-0.1, -0.05) is 17.7 Å². The Morgan fingerprint density at radius 2 is 2.10 bits per heavy atom. The van der Waals surface area contributed by atoms with Crippen LogP contribution in [0.3, 0.4) is 0 Å². The maximum absolute atomic E-state index is 6.16. The van der Waals surface area contributed by atoms with Gasteiger partial charge >= 0.3 is 0 Å². The minimum atomic E-state index is 0.103. The van der Waals surface area contributed by atoms with Crippen LogP contribution in [0, 0.1) is 6.92 Å². The molecular weight excluding hydrogens is 340 g/mol. The molecule has 3 nitrogen and oxygen atoms in total. The Bertz CT molecular complexity index is 585. The van der Waals surface area contributed by atoms with Crippen molar-refractivity contribution in [1.29, 1.82) is 0 Å². The van der Waals surface area contributed by atoms with Crippen LogP contribution in [0.15, 0.2) is 39.2 Å². The predicted molar refractivity (Wildman–Crippen MR) is 85.9 cm³/mol. The van der Waals surface area contributed by atoms with E-state index < -0.39 is 0 Å². The highest BCUT2D eigenvalue weighted by Gasteiger charge is 2.17. The van der Waals surface area contributed by atoms with Crippen LogP contribution in [0.1, 0.15) is 23.1 Å². The highest BCUT2D eigenvalue weighted by Crippen LogP contribution is 2.28. The lowest BCUT2D eigenvalue weighted by Gasteiger charge is -2.26. The number of aryl methyl sites for hydroxylation is 1. The van der Waals surface area contributed by atoms with Gasteiger partial charge in [0.25, 0.3) is 0 Å². The van der Waals surface area contributed by atoms with Gasteiger partial charge in [-0.25, -0.2) is 0 Å². The molecular formula is C15H18BrClN2O. The first kappa shape index (κ1) is 15.6. The van der Waals surface area contributed by atoms with Gasteiger partial charge in [-0.2, -0.15) is 0 Å². The largest absolute Gasteiger partial charge is 0.465 e. The van der Waals surface area contributed by atoms with E-state index in [0.717, 1.165) is 21.6 Å². The molecule has 0 bridgehead atoms. The van der Waals surface area contributed by atoms with Gasteiger partial charge in [0.05, 0.1) is 11.6 Å². The lowest BCUT2D eigenvalue weighted by atomic mass is 10.1. The number of nitrogens with zero attached hydrogens (tertiary/aromatic N) is 1. The van der Waals surface area contributed by atoms with Gasteiger partial charge in [-0.15, -0.1) is 0 Å². The van der Waals surface area contributed by atoms with Crippen LogP contribution >= 0.6 is 27.5 Å². The number of furan rings is 1. The number of nitrogens with two attached hydrogens (primary N) is 1. The van der Waals surface area contributed by atoms with Crippen LogP contribution < -0.4 is 5.73 Å². The quantitative estimate of drug-likeness (QED) is 0.874. The Hall–Kier alpha value is -0.810. The number of rotatable bonds is 5. The Balaban J connectivity index is 2.16. The topological polar surface area (TPSA) is 42.4 Å². The third-order valence-electron chi connectivity index (χ3n) is 3.29. The van der Waals surface area contributed by atoms with Crippen LogP contribution in [-0.4, -0.2) is 18.5 Å². The summed E-state index contributed by atoms with van der Waals surface area (Å²) in [5.74, 6) is 1.86. The third kappa shape index (κ3) is 3.64. The maximum atomic E-state index is 6.16. The first-order valence-electron chi connectivity index (χ1n) is 6.42. The van der Waals surface area contributed by atoms with Gasteiger partial charge in [0.1, 0.15) is 11.5 Å². The summed E-state index contributed by atoms with van der Waals surface area (Å²) in [6, 6.07) is 10.0. The second-order valence-corrected chi connectivity index (χ2v) is 6.11. The highest BCUT2D eigenvalue weighted by atomic mass is 79.9. The third-order valence-corrected chi connectivity index (χ3v) is 4.52. The molecule has 2 rings (SSSR count). The lowest BCUT2D eigenvalue weighted by molar-refractivity contribution is 0.221. The van der Waals surface area contributed by atoms with E-state index >= 15 is 0 Å². The number of hydrogen-bond donors (Lipinski definition) is 1. The molecule has 2 aromatic rings. The van der Waals surface area contributed by atoms with Crippen molar-refractivity contribution in [3.05, 3.63) is 56.9 Å². The standard InChI is InChI=1S/C15H18BrClN2O/c1-10-3-5-12(20-10)9-19(2)15(8-18)11-4-6-13(16)14(17)7-11/h3-7,15H,8-9,18H2,1-2H3. The van der Waals surface area contributed by atoms with Crippen molar-refractivity contribution in [3.63, 3.8) is 0 Å². The molecule has 1 aromatic heterocycles. The van der Waals surface area contributed by atoms with Crippen LogP contribution in [0.2, 0.25) is 5.02 Å². The van der Waals surface area contributed by atoms with E-state index in [9.17, 15) is 0 Å². The van der Waals surface area contributed by atoms with Crippen LogP contribution in [0.5, 0.6) is 0 Å². The zero-order valence-electron chi connectivity index (χ0n) is 11.6. The summed E-state index contributed by atoms with van der Waals surface area (Å²) in [5, 5.41) is 0.697. The summed E-state index contributed by atoms with van der Waals surface area (Å²) < 4.78 is 6.50. The minimum Gasteiger partial charge on any atom is -0.465 e. The summed E-state index contributed by atoms with van der Waals surface area (Å²) in [4.78, 5) is 2.16. The molecule has 0 aliphatic heterocycles. The molecule has 1 atom stereocenters. The molecule has 0 fully saturated rings. The number of benzene rings is 1. The van der Waals surface area contributed by atoms with Gasteiger partial charge < -0.3 is 10.2 Å². The second-order valence-electron chi connectivity index (χ2n) is 4.85. The van der Waals surface area contributed by atoms with E-state index in [2.05, 4.69) is 20.8 Å². The van der Waals surface area contributed by atoms with Gasteiger partial charge in [-0.05, 0) is 59.7 Å². The average Bonchev–Trinajstić information content (AvgIpc) is 2.80. The first-order valence-corrected chi connectivity index (χ1v) is 7.59. The van der Waals surface area contributed by atoms with Gasteiger partial charge in [0.15, 0.2) is 0 Å². The molecule has 0 spiro atoms. The summed E-state index contributed by atoms with van der Waals surface area (Å²) in [6.45, 7) is 3.18. The zero-order valence-corrected chi connectivity index (χ0v) is 13.9. The van der Waals surface area contributed by atoms with Gasteiger partial charge in [-0.3, -0.25) is 4.90 Å². The van der Waals surface area contributed by atoms with E-state index in [1.165, 1.54) is 0 Å². The minimum absolute atomic E-state index is 0.103. The highest BCUT2D eigenvalue weighted by molar-refractivity contribution is 9.10. The Kier molecular flexibility index (Phi) is 5.27. The summed E-state index contributed by atoms with van der Waals surface area (Å²) in [6.07, 6.45) is 0. The average molecular weight is 358 g/mol. The fourth-order valence-corrected chi connectivity index (χ4v) is 2.65. The van der Waals surface area contributed by atoms with Crippen molar-refractivity contribution in [2.75, 3.05) is 13.6 Å². The molecule has 0 radical (unpaired) electrons. The maximum Gasteiger partial charge on any atom is 0.118 e. The van der Waals surface area contributed by atoms with E-state index in [1.807, 2.05) is 44.3 Å². The summed E-state index contributed by atoms with van der Waals surface area (Å²) >= 11 is 9.56. The molecule has 5 heteroatoms. The molecule has 1 unspecified atom stereocenters. The van der Waals surface area contributed by atoms with Crippen molar-refractivity contribution in [2.45, 2.75) is 19.5 Å². The Morgan fingerprint density at radius 3 is 2.65 bits per heavy atom. The van der Waals surface area contributed by atoms with Crippen molar-refractivity contribution >= 4 is 27.5 Å². The van der Waals surface area contributed by atoms with Crippen molar-refractivity contribution in [2.24, 2.45) is 5.73 Å². The van der Waals surface area contributed by atoms with Crippen molar-refractivity contribution < 1.29 is 4.42 Å². The van der Waals surface area contributed by atoms with E-state index in [1.54, 1.807) is 0 Å². The molecule has 2 N–H and O–H groups in total. The fraction of sp³-hybridized carbons (Fsp3) is 0.333. The molecule has 0 saturated carbocycles.